The lowest BCUT2D eigenvalue weighted by Gasteiger charge is -2.51. The van der Waals surface area contributed by atoms with Crippen LogP contribution in [0, 0.1) is 17.6 Å². The molecule has 2 unspecified atom stereocenters. The van der Waals surface area contributed by atoms with Gasteiger partial charge in [-0.25, -0.2) is 8.78 Å². The lowest BCUT2D eigenvalue weighted by atomic mass is 9.71. The molecule has 6 heteroatoms. The summed E-state index contributed by atoms with van der Waals surface area (Å²) >= 11 is 0. The minimum absolute atomic E-state index is 0.0623. The predicted octanol–water partition coefficient (Wildman–Crippen LogP) is 6.56. The first-order valence-corrected chi connectivity index (χ1v) is 12.6. The third-order valence-corrected chi connectivity index (χ3v) is 8.56. The van der Waals surface area contributed by atoms with Crippen molar-refractivity contribution in [2.45, 2.75) is 114 Å². The molecule has 0 spiro atoms. The number of hydroxylamine groups is 2. The van der Waals surface area contributed by atoms with E-state index < -0.39 is 22.7 Å². The van der Waals surface area contributed by atoms with Crippen LogP contribution in [0.3, 0.4) is 0 Å². The number of benzene rings is 1. The van der Waals surface area contributed by atoms with Crippen molar-refractivity contribution in [2.75, 3.05) is 13.7 Å². The minimum atomic E-state index is -0.696. The number of halogens is 2. The molecule has 1 aromatic carbocycles. The van der Waals surface area contributed by atoms with Crippen LogP contribution in [0.2, 0.25) is 0 Å². The van der Waals surface area contributed by atoms with Crippen LogP contribution in [0.25, 0.3) is 0 Å². The van der Waals surface area contributed by atoms with Gasteiger partial charge in [-0.3, -0.25) is 0 Å². The molecule has 4 rings (SSSR count). The summed E-state index contributed by atoms with van der Waals surface area (Å²) in [5, 5.41) is 11.9. The van der Waals surface area contributed by atoms with Crippen molar-refractivity contribution >= 4 is 0 Å². The number of methoxy groups -OCH3 is 1. The smallest absolute Gasteiger partial charge is 0.162 e. The minimum Gasteiger partial charge on any atom is -0.379 e. The van der Waals surface area contributed by atoms with E-state index in [4.69, 9.17) is 9.47 Å². The molecule has 1 aromatic rings. The second-order valence-electron chi connectivity index (χ2n) is 11.8. The Hall–Kier alpha value is -1.08. The highest BCUT2D eigenvalue weighted by Gasteiger charge is 2.46. The standard InChI is InChI=1S/C27H41F2NO3/c1-26(2)14-19(15-27(3,4)30(26)31)22-12-11-21(24(28)25(22)29)17-6-8-18(9-7-17)23-13-10-20(32-5)16-33-23/h11-12,17-20,23,31H,6-10,13-16H2,1-5H3. The number of piperidine rings is 1. The Morgan fingerprint density at radius 1 is 0.879 bits per heavy atom. The van der Waals surface area contributed by atoms with Gasteiger partial charge in [-0.05, 0) is 108 Å². The Morgan fingerprint density at radius 3 is 1.91 bits per heavy atom. The fourth-order valence-corrected chi connectivity index (χ4v) is 6.81. The first kappa shape index (κ1) is 25.0. The van der Waals surface area contributed by atoms with Crippen molar-refractivity contribution in [3.63, 3.8) is 0 Å². The van der Waals surface area contributed by atoms with E-state index in [2.05, 4.69) is 0 Å². The van der Waals surface area contributed by atoms with Crippen molar-refractivity contribution in [1.29, 1.82) is 0 Å². The highest BCUT2D eigenvalue weighted by atomic mass is 19.2. The largest absolute Gasteiger partial charge is 0.379 e. The SMILES string of the molecule is COC1CCC(C2CCC(c3ccc(C4CC(C)(C)N(O)C(C)(C)C4)c(F)c3F)CC2)OC1. The molecular formula is C27H41F2NO3. The zero-order chi connectivity index (χ0) is 24.0. The maximum Gasteiger partial charge on any atom is 0.162 e. The molecule has 2 saturated heterocycles. The van der Waals surface area contributed by atoms with E-state index in [-0.39, 0.29) is 24.0 Å². The predicted molar refractivity (Wildman–Crippen MR) is 125 cm³/mol. The van der Waals surface area contributed by atoms with E-state index in [1.165, 1.54) is 5.06 Å². The first-order chi connectivity index (χ1) is 15.5. The number of ether oxygens (including phenoxy) is 2. The van der Waals surface area contributed by atoms with Crippen LogP contribution < -0.4 is 0 Å². The van der Waals surface area contributed by atoms with Crippen LogP contribution in [-0.2, 0) is 9.47 Å². The summed E-state index contributed by atoms with van der Waals surface area (Å²) in [6, 6.07) is 3.63. The zero-order valence-electron chi connectivity index (χ0n) is 20.9. The van der Waals surface area contributed by atoms with Crippen molar-refractivity contribution < 1.29 is 23.5 Å². The Kier molecular flexibility index (Phi) is 7.22. The number of nitrogens with zero attached hydrogens (tertiary/aromatic N) is 1. The topological polar surface area (TPSA) is 41.9 Å². The quantitative estimate of drug-likeness (QED) is 0.547. The van der Waals surface area contributed by atoms with Gasteiger partial charge in [-0.2, -0.15) is 5.06 Å². The summed E-state index contributed by atoms with van der Waals surface area (Å²) in [5.41, 5.74) is -0.0347. The summed E-state index contributed by atoms with van der Waals surface area (Å²) in [6.45, 7) is 8.47. The molecule has 3 aliphatic rings. The van der Waals surface area contributed by atoms with E-state index in [0.29, 0.717) is 36.5 Å². The molecule has 1 aliphatic carbocycles. The normalized spacial score (nSPS) is 33.2. The van der Waals surface area contributed by atoms with Gasteiger partial charge >= 0.3 is 0 Å². The number of rotatable bonds is 4. The second-order valence-corrected chi connectivity index (χ2v) is 11.8. The molecule has 3 fully saturated rings. The van der Waals surface area contributed by atoms with E-state index in [1.54, 1.807) is 13.2 Å². The second kappa shape index (κ2) is 9.52. The van der Waals surface area contributed by atoms with Crippen LogP contribution in [-0.4, -0.2) is 47.3 Å². The molecule has 2 atom stereocenters. The summed E-state index contributed by atoms with van der Waals surface area (Å²) in [4.78, 5) is 0. The van der Waals surface area contributed by atoms with Gasteiger partial charge in [0.05, 0.1) is 18.8 Å². The lowest BCUT2D eigenvalue weighted by molar-refractivity contribution is -0.245. The van der Waals surface area contributed by atoms with Gasteiger partial charge in [0.1, 0.15) is 0 Å². The van der Waals surface area contributed by atoms with E-state index in [0.717, 1.165) is 38.5 Å². The van der Waals surface area contributed by atoms with E-state index in [1.807, 2.05) is 33.8 Å². The Bertz CT molecular complexity index is 809. The van der Waals surface area contributed by atoms with E-state index >= 15 is 8.78 Å². The van der Waals surface area contributed by atoms with Crippen LogP contribution in [0.1, 0.15) is 102 Å². The Labute approximate surface area is 197 Å². The Balaban J connectivity index is 1.43. The molecule has 1 saturated carbocycles. The van der Waals surface area contributed by atoms with Gasteiger partial charge in [0.15, 0.2) is 11.6 Å². The molecular weight excluding hydrogens is 424 g/mol. The first-order valence-electron chi connectivity index (χ1n) is 12.6. The molecule has 1 N–H and O–H groups in total. The van der Waals surface area contributed by atoms with Crippen molar-refractivity contribution in [3.8, 4) is 0 Å². The fraction of sp³-hybridized carbons (Fsp3) is 0.778. The van der Waals surface area contributed by atoms with Crippen LogP contribution in [0.5, 0.6) is 0 Å². The fourth-order valence-electron chi connectivity index (χ4n) is 6.81. The molecule has 0 bridgehead atoms. The number of hydrogen-bond donors (Lipinski definition) is 1. The number of hydrogen-bond acceptors (Lipinski definition) is 4. The van der Waals surface area contributed by atoms with Crippen molar-refractivity contribution in [3.05, 3.63) is 34.9 Å². The average molecular weight is 466 g/mol. The average Bonchev–Trinajstić information content (AvgIpc) is 2.79. The van der Waals surface area contributed by atoms with Gasteiger partial charge in [0.25, 0.3) is 0 Å². The lowest BCUT2D eigenvalue weighted by Crippen LogP contribution is -2.58. The molecule has 33 heavy (non-hydrogen) atoms. The molecule has 2 aliphatic heterocycles. The van der Waals surface area contributed by atoms with Gasteiger partial charge < -0.3 is 14.7 Å². The molecule has 2 heterocycles. The molecule has 4 nitrogen and oxygen atoms in total. The summed E-state index contributed by atoms with van der Waals surface area (Å²) < 4.78 is 42.1. The Morgan fingerprint density at radius 2 is 1.42 bits per heavy atom. The van der Waals surface area contributed by atoms with Gasteiger partial charge in [0, 0.05) is 18.2 Å². The molecule has 0 aromatic heterocycles. The van der Waals surface area contributed by atoms with Gasteiger partial charge in [-0.15, -0.1) is 0 Å². The van der Waals surface area contributed by atoms with Gasteiger partial charge in [0.2, 0.25) is 0 Å². The van der Waals surface area contributed by atoms with Crippen LogP contribution in [0.15, 0.2) is 12.1 Å². The highest BCUT2D eigenvalue weighted by Crippen LogP contribution is 2.46. The highest BCUT2D eigenvalue weighted by molar-refractivity contribution is 5.32. The third-order valence-electron chi connectivity index (χ3n) is 8.56. The van der Waals surface area contributed by atoms with Gasteiger partial charge in [-0.1, -0.05) is 12.1 Å². The summed E-state index contributed by atoms with van der Waals surface area (Å²) in [5.74, 6) is -0.933. The van der Waals surface area contributed by atoms with Crippen LogP contribution in [0.4, 0.5) is 8.78 Å². The van der Waals surface area contributed by atoms with Crippen molar-refractivity contribution in [1.82, 2.24) is 5.06 Å². The monoisotopic (exact) mass is 465 g/mol. The summed E-state index contributed by atoms with van der Waals surface area (Å²) in [7, 11) is 1.73. The maximum absolute atomic E-state index is 15.4. The zero-order valence-corrected chi connectivity index (χ0v) is 20.9. The molecule has 0 amide bonds. The third kappa shape index (κ3) is 5.00. The van der Waals surface area contributed by atoms with E-state index in [9.17, 15) is 5.21 Å². The summed E-state index contributed by atoms with van der Waals surface area (Å²) in [6.07, 6.45) is 7.42. The molecule has 0 radical (unpaired) electrons. The van der Waals surface area contributed by atoms with Crippen molar-refractivity contribution in [2.24, 2.45) is 5.92 Å². The molecule has 186 valence electrons. The van der Waals surface area contributed by atoms with Crippen LogP contribution >= 0.6 is 0 Å². The maximum atomic E-state index is 15.4.